The zero-order valence-electron chi connectivity index (χ0n) is 8.08. The summed E-state index contributed by atoms with van der Waals surface area (Å²) in [5, 5.41) is 0. The molecule has 0 fully saturated rings. The highest BCUT2D eigenvalue weighted by Crippen LogP contribution is 2.32. The van der Waals surface area contributed by atoms with Crippen LogP contribution in [0.3, 0.4) is 0 Å². The summed E-state index contributed by atoms with van der Waals surface area (Å²) in [5.41, 5.74) is 9.79. The normalized spacial score (nSPS) is 27.0. The van der Waals surface area contributed by atoms with Gasteiger partial charge in [-0.3, -0.25) is 0 Å². The maximum atomic E-state index is 5.98. The molecular weight excluding hydrogens is 162 g/mol. The zero-order chi connectivity index (χ0) is 9.42. The van der Waals surface area contributed by atoms with E-state index in [1.54, 1.807) is 0 Å². The van der Waals surface area contributed by atoms with Gasteiger partial charge in [0.15, 0.2) is 0 Å². The quantitative estimate of drug-likeness (QED) is 0.658. The average Bonchev–Trinajstić information content (AvgIpc) is 2.12. The van der Waals surface area contributed by atoms with Gasteiger partial charge in [-0.2, -0.15) is 0 Å². The van der Waals surface area contributed by atoms with Gasteiger partial charge in [0.05, 0.1) is 18.8 Å². The smallest absolute Gasteiger partial charge is 0.0801 e. The number of hydrogen-bond acceptors (Lipinski definition) is 2. The monoisotopic (exact) mass is 177 g/mol. The molecular formula is C11H15NO. The van der Waals surface area contributed by atoms with Gasteiger partial charge < -0.3 is 10.5 Å². The Bertz CT molecular complexity index is 322. The van der Waals surface area contributed by atoms with Crippen molar-refractivity contribution in [3.05, 3.63) is 34.9 Å². The minimum atomic E-state index is 0.0485. The molecule has 0 saturated heterocycles. The number of rotatable bonds is 0. The zero-order valence-corrected chi connectivity index (χ0v) is 8.08. The second-order valence-electron chi connectivity index (χ2n) is 3.66. The Labute approximate surface area is 78.7 Å². The van der Waals surface area contributed by atoms with Gasteiger partial charge in [-0.25, -0.2) is 0 Å². The highest BCUT2D eigenvalue weighted by atomic mass is 16.5. The molecule has 0 saturated carbocycles. The van der Waals surface area contributed by atoms with E-state index in [2.05, 4.69) is 32.0 Å². The maximum Gasteiger partial charge on any atom is 0.0801 e. The third kappa shape index (κ3) is 1.36. The molecule has 1 aromatic rings. The van der Waals surface area contributed by atoms with Gasteiger partial charge in [0.25, 0.3) is 0 Å². The molecule has 2 nitrogen and oxygen atoms in total. The van der Waals surface area contributed by atoms with Crippen LogP contribution in [0.15, 0.2) is 18.2 Å². The van der Waals surface area contributed by atoms with E-state index in [4.69, 9.17) is 10.5 Å². The van der Waals surface area contributed by atoms with Gasteiger partial charge in [0.1, 0.15) is 0 Å². The molecule has 0 aromatic heterocycles. The predicted molar refractivity (Wildman–Crippen MR) is 52.5 cm³/mol. The molecule has 70 valence electrons. The van der Waals surface area contributed by atoms with E-state index >= 15 is 0 Å². The highest BCUT2D eigenvalue weighted by molar-refractivity contribution is 5.39. The summed E-state index contributed by atoms with van der Waals surface area (Å²) in [7, 11) is 0. The molecule has 0 bridgehead atoms. The number of hydrogen-bond donors (Lipinski definition) is 1. The summed E-state index contributed by atoms with van der Waals surface area (Å²) < 4.78 is 5.55. The van der Waals surface area contributed by atoms with Crippen LogP contribution >= 0.6 is 0 Å². The van der Waals surface area contributed by atoms with Gasteiger partial charge in [0.2, 0.25) is 0 Å². The largest absolute Gasteiger partial charge is 0.372 e. The second-order valence-corrected chi connectivity index (χ2v) is 3.66. The van der Waals surface area contributed by atoms with Crippen molar-refractivity contribution in [2.75, 3.05) is 6.61 Å². The lowest BCUT2D eigenvalue weighted by molar-refractivity contribution is 0.0405. The lowest BCUT2D eigenvalue weighted by atomic mass is 9.91. The second kappa shape index (κ2) is 3.13. The van der Waals surface area contributed by atoms with Crippen LogP contribution in [-0.2, 0) is 4.74 Å². The van der Waals surface area contributed by atoms with Crippen LogP contribution in [0.25, 0.3) is 0 Å². The number of aryl methyl sites for hydroxylation is 1. The molecule has 1 aromatic carbocycles. The molecule has 0 aliphatic carbocycles. The Balaban J connectivity index is 2.56. The van der Waals surface area contributed by atoms with Crippen LogP contribution in [0.5, 0.6) is 0 Å². The summed E-state index contributed by atoms with van der Waals surface area (Å²) in [6.45, 7) is 4.82. The minimum absolute atomic E-state index is 0.0485. The van der Waals surface area contributed by atoms with Crippen LogP contribution in [-0.4, -0.2) is 6.61 Å². The van der Waals surface area contributed by atoms with Crippen LogP contribution in [0.1, 0.15) is 35.8 Å². The van der Waals surface area contributed by atoms with E-state index < -0.39 is 0 Å². The minimum Gasteiger partial charge on any atom is -0.372 e. The van der Waals surface area contributed by atoms with Crippen molar-refractivity contribution in [1.29, 1.82) is 0 Å². The summed E-state index contributed by atoms with van der Waals surface area (Å²) in [4.78, 5) is 0. The van der Waals surface area contributed by atoms with Crippen LogP contribution < -0.4 is 5.73 Å². The van der Waals surface area contributed by atoms with E-state index in [1.165, 1.54) is 16.7 Å². The molecule has 0 radical (unpaired) electrons. The van der Waals surface area contributed by atoms with Crippen molar-refractivity contribution in [3.8, 4) is 0 Å². The Kier molecular flexibility index (Phi) is 2.10. The van der Waals surface area contributed by atoms with Crippen LogP contribution in [0, 0.1) is 6.92 Å². The third-order valence-corrected chi connectivity index (χ3v) is 2.69. The van der Waals surface area contributed by atoms with Gasteiger partial charge in [-0.1, -0.05) is 18.2 Å². The summed E-state index contributed by atoms with van der Waals surface area (Å²) in [6.07, 6.45) is 0.190. The Hall–Kier alpha value is -0.860. The molecule has 0 amide bonds. The lowest BCUT2D eigenvalue weighted by Crippen LogP contribution is -2.26. The Morgan fingerprint density at radius 3 is 2.92 bits per heavy atom. The fourth-order valence-electron chi connectivity index (χ4n) is 1.99. The summed E-state index contributed by atoms with van der Waals surface area (Å²) in [6, 6.07) is 6.32. The first kappa shape index (κ1) is 8.73. The molecule has 1 aliphatic heterocycles. The van der Waals surface area contributed by atoms with Crippen molar-refractivity contribution < 1.29 is 4.74 Å². The fraction of sp³-hybridized carbons (Fsp3) is 0.455. The lowest BCUT2D eigenvalue weighted by Gasteiger charge is -2.29. The molecule has 2 rings (SSSR count). The van der Waals surface area contributed by atoms with Crippen molar-refractivity contribution in [3.63, 3.8) is 0 Å². The number of ether oxygens (including phenoxy) is 1. The van der Waals surface area contributed by atoms with Crippen LogP contribution in [0.4, 0.5) is 0 Å². The highest BCUT2D eigenvalue weighted by Gasteiger charge is 2.23. The number of benzene rings is 1. The number of nitrogens with two attached hydrogens (primary N) is 1. The molecule has 1 heterocycles. The third-order valence-electron chi connectivity index (χ3n) is 2.69. The van der Waals surface area contributed by atoms with E-state index in [9.17, 15) is 0 Å². The van der Waals surface area contributed by atoms with Gasteiger partial charge in [-0.15, -0.1) is 0 Å². The first-order valence-electron chi connectivity index (χ1n) is 4.66. The van der Waals surface area contributed by atoms with Gasteiger partial charge >= 0.3 is 0 Å². The van der Waals surface area contributed by atoms with E-state index in [0.717, 1.165) is 0 Å². The summed E-state index contributed by atoms with van der Waals surface area (Å²) >= 11 is 0. The molecule has 13 heavy (non-hydrogen) atoms. The molecule has 2 heteroatoms. The number of fused-ring (bicyclic) bond motifs is 1. The van der Waals surface area contributed by atoms with E-state index in [1.807, 2.05) is 0 Å². The van der Waals surface area contributed by atoms with Gasteiger partial charge in [-0.05, 0) is 30.5 Å². The van der Waals surface area contributed by atoms with Crippen molar-refractivity contribution in [1.82, 2.24) is 0 Å². The van der Waals surface area contributed by atoms with Crippen molar-refractivity contribution in [2.45, 2.75) is 26.0 Å². The van der Waals surface area contributed by atoms with E-state index in [-0.39, 0.29) is 12.1 Å². The Morgan fingerprint density at radius 2 is 2.23 bits per heavy atom. The fourth-order valence-corrected chi connectivity index (χ4v) is 1.99. The molecule has 0 unspecified atom stereocenters. The maximum absolute atomic E-state index is 5.98. The SMILES string of the molecule is Cc1cccc2c1[C@H](N)CO[C@@H]2C. The average molecular weight is 177 g/mol. The molecule has 0 spiro atoms. The van der Waals surface area contributed by atoms with Crippen molar-refractivity contribution in [2.24, 2.45) is 5.73 Å². The molecule has 2 N–H and O–H groups in total. The topological polar surface area (TPSA) is 35.2 Å². The van der Waals surface area contributed by atoms with Gasteiger partial charge in [0, 0.05) is 0 Å². The molecule has 1 aliphatic rings. The van der Waals surface area contributed by atoms with Crippen molar-refractivity contribution >= 4 is 0 Å². The predicted octanol–water partition coefficient (Wildman–Crippen LogP) is 2.09. The first-order valence-corrected chi connectivity index (χ1v) is 4.66. The standard InChI is InChI=1S/C11H15NO/c1-7-4-3-5-9-8(2)13-6-10(12)11(7)9/h3-5,8,10H,6,12H2,1-2H3/t8-,10-/m1/s1. The molecule has 2 atom stereocenters. The van der Waals surface area contributed by atoms with Crippen LogP contribution in [0.2, 0.25) is 0 Å². The summed E-state index contributed by atoms with van der Waals surface area (Å²) in [5.74, 6) is 0. The Morgan fingerprint density at radius 1 is 1.46 bits per heavy atom. The van der Waals surface area contributed by atoms with E-state index in [0.29, 0.717) is 6.61 Å². The first-order chi connectivity index (χ1) is 6.20.